The molecule has 0 saturated heterocycles. The van der Waals surface area contributed by atoms with Gasteiger partial charge in [0.25, 0.3) is 0 Å². The Hall–Kier alpha value is -0.770. The summed E-state index contributed by atoms with van der Waals surface area (Å²) in [5.74, 6) is 1.41. The zero-order chi connectivity index (χ0) is 12.3. The van der Waals surface area contributed by atoms with Gasteiger partial charge in [-0.15, -0.1) is 0 Å². The van der Waals surface area contributed by atoms with Gasteiger partial charge in [0.2, 0.25) is 0 Å². The zero-order valence-electron chi connectivity index (χ0n) is 10.8. The Morgan fingerprint density at radius 1 is 1.47 bits per heavy atom. The molecule has 17 heavy (non-hydrogen) atoms. The van der Waals surface area contributed by atoms with Gasteiger partial charge in [-0.25, -0.2) is 0 Å². The molecule has 0 bridgehead atoms. The van der Waals surface area contributed by atoms with Crippen LogP contribution in [0.5, 0.6) is 0 Å². The summed E-state index contributed by atoms with van der Waals surface area (Å²) in [6.45, 7) is 5.72. The molecule has 1 heterocycles. The normalized spacial score (nSPS) is 18.8. The van der Waals surface area contributed by atoms with Gasteiger partial charge >= 0.3 is 0 Å². The topological polar surface area (TPSA) is 50.9 Å². The molecule has 3 nitrogen and oxygen atoms in total. The van der Waals surface area contributed by atoms with Crippen LogP contribution in [0.3, 0.4) is 0 Å². The molecule has 0 spiro atoms. The monoisotopic (exact) mass is 253 g/mol. The summed E-state index contributed by atoms with van der Waals surface area (Å²) in [5, 5.41) is 4.64. The van der Waals surface area contributed by atoms with E-state index in [4.69, 9.17) is 5.73 Å². The quantitative estimate of drug-likeness (QED) is 0.840. The Morgan fingerprint density at radius 3 is 2.71 bits per heavy atom. The second kappa shape index (κ2) is 5.25. The number of nitrogens with zero attached hydrogens (tertiary/aromatic N) is 1. The molecule has 4 heteroatoms. The van der Waals surface area contributed by atoms with Gasteiger partial charge < -0.3 is 11.1 Å². The number of nitrogen functional groups attached to an aromatic ring is 1. The van der Waals surface area contributed by atoms with E-state index in [0.29, 0.717) is 11.2 Å². The Morgan fingerprint density at radius 2 is 2.18 bits per heavy atom. The van der Waals surface area contributed by atoms with Crippen molar-refractivity contribution < 1.29 is 0 Å². The first kappa shape index (κ1) is 12.7. The fourth-order valence-electron chi connectivity index (χ4n) is 3.09. The maximum absolute atomic E-state index is 5.64. The van der Waals surface area contributed by atoms with Gasteiger partial charge in [0.15, 0.2) is 0 Å². The third-order valence-corrected chi connectivity index (χ3v) is 4.43. The van der Waals surface area contributed by atoms with Crippen molar-refractivity contribution in [1.82, 2.24) is 4.37 Å². The van der Waals surface area contributed by atoms with Crippen LogP contribution in [0.15, 0.2) is 6.07 Å². The van der Waals surface area contributed by atoms with Crippen LogP contribution in [0.25, 0.3) is 0 Å². The van der Waals surface area contributed by atoms with Crippen LogP contribution in [0.2, 0.25) is 0 Å². The van der Waals surface area contributed by atoms with E-state index in [0.717, 1.165) is 17.5 Å². The van der Waals surface area contributed by atoms with E-state index in [2.05, 4.69) is 23.5 Å². The molecule has 1 aromatic rings. The standard InChI is InChI=1S/C13H23N3S/c1-10(2)8-13(5-3-4-6-13)9-15-12-7-11(14)16-17-12/h7,10,15H,3-6,8-9H2,1-2H3,(H2,14,16). The van der Waals surface area contributed by atoms with Crippen molar-refractivity contribution >= 4 is 22.4 Å². The highest BCUT2D eigenvalue weighted by Gasteiger charge is 2.34. The number of nitrogens with one attached hydrogen (secondary N) is 1. The summed E-state index contributed by atoms with van der Waals surface area (Å²) in [4.78, 5) is 0. The highest BCUT2D eigenvalue weighted by molar-refractivity contribution is 7.10. The summed E-state index contributed by atoms with van der Waals surface area (Å²) in [6, 6.07) is 1.93. The summed E-state index contributed by atoms with van der Waals surface area (Å²) >= 11 is 1.46. The lowest BCUT2D eigenvalue weighted by Gasteiger charge is -2.31. The fraction of sp³-hybridized carbons (Fsp3) is 0.769. The van der Waals surface area contributed by atoms with Crippen LogP contribution in [-0.4, -0.2) is 10.9 Å². The molecule has 1 aliphatic carbocycles. The Kier molecular flexibility index (Phi) is 3.92. The van der Waals surface area contributed by atoms with Crippen molar-refractivity contribution in [3.8, 4) is 0 Å². The molecule has 1 fully saturated rings. The van der Waals surface area contributed by atoms with E-state index in [1.165, 1.54) is 43.6 Å². The number of hydrogen-bond acceptors (Lipinski definition) is 4. The fourth-order valence-corrected chi connectivity index (χ4v) is 3.66. The van der Waals surface area contributed by atoms with Gasteiger partial charge in [0, 0.05) is 12.6 Å². The lowest BCUT2D eigenvalue weighted by atomic mass is 9.78. The van der Waals surface area contributed by atoms with E-state index in [9.17, 15) is 0 Å². The smallest absolute Gasteiger partial charge is 0.139 e. The summed E-state index contributed by atoms with van der Waals surface area (Å²) in [7, 11) is 0. The minimum Gasteiger partial charge on any atom is -0.383 e. The number of hydrogen-bond donors (Lipinski definition) is 2. The van der Waals surface area contributed by atoms with Crippen LogP contribution in [0, 0.1) is 11.3 Å². The van der Waals surface area contributed by atoms with Crippen molar-refractivity contribution in [2.75, 3.05) is 17.6 Å². The van der Waals surface area contributed by atoms with E-state index in [1.807, 2.05) is 6.07 Å². The van der Waals surface area contributed by atoms with Crippen molar-refractivity contribution in [2.45, 2.75) is 46.0 Å². The molecular weight excluding hydrogens is 230 g/mol. The molecule has 0 aromatic carbocycles. The Balaban J connectivity index is 1.94. The van der Waals surface area contributed by atoms with Gasteiger partial charge in [0.05, 0.1) is 0 Å². The predicted octanol–water partition coefficient (Wildman–Crippen LogP) is 3.74. The highest BCUT2D eigenvalue weighted by atomic mass is 32.1. The minimum absolute atomic E-state index is 0.507. The first-order valence-electron chi connectivity index (χ1n) is 6.56. The molecule has 0 atom stereocenters. The van der Waals surface area contributed by atoms with Gasteiger partial charge in [0.1, 0.15) is 10.8 Å². The molecular formula is C13H23N3S. The van der Waals surface area contributed by atoms with Gasteiger partial charge in [-0.05, 0) is 42.1 Å². The maximum Gasteiger partial charge on any atom is 0.139 e. The molecule has 0 unspecified atom stereocenters. The van der Waals surface area contributed by atoms with E-state index >= 15 is 0 Å². The first-order valence-corrected chi connectivity index (χ1v) is 7.33. The Labute approximate surface area is 108 Å². The summed E-state index contributed by atoms with van der Waals surface area (Å²) in [5.41, 5.74) is 6.14. The first-order chi connectivity index (χ1) is 8.10. The maximum atomic E-state index is 5.64. The number of anilines is 2. The number of nitrogens with two attached hydrogens (primary N) is 1. The van der Waals surface area contributed by atoms with Crippen LogP contribution >= 0.6 is 11.5 Å². The van der Waals surface area contributed by atoms with Gasteiger partial charge in [-0.3, -0.25) is 0 Å². The second-order valence-electron chi connectivity index (χ2n) is 5.77. The van der Waals surface area contributed by atoms with Crippen LogP contribution < -0.4 is 11.1 Å². The second-order valence-corrected chi connectivity index (χ2v) is 6.58. The Bertz CT molecular complexity index is 353. The van der Waals surface area contributed by atoms with Crippen molar-refractivity contribution in [3.05, 3.63) is 6.07 Å². The minimum atomic E-state index is 0.507. The predicted molar refractivity (Wildman–Crippen MR) is 75.4 cm³/mol. The van der Waals surface area contributed by atoms with Gasteiger partial charge in [-0.1, -0.05) is 26.7 Å². The molecule has 96 valence electrons. The van der Waals surface area contributed by atoms with Crippen molar-refractivity contribution in [1.29, 1.82) is 0 Å². The zero-order valence-corrected chi connectivity index (χ0v) is 11.6. The molecule has 0 amide bonds. The largest absolute Gasteiger partial charge is 0.383 e. The molecule has 3 N–H and O–H groups in total. The van der Waals surface area contributed by atoms with Crippen molar-refractivity contribution in [3.63, 3.8) is 0 Å². The van der Waals surface area contributed by atoms with E-state index < -0.39 is 0 Å². The van der Waals surface area contributed by atoms with Crippen LogP contribution in [-0.2, 0) is 0 Å². The molecule has 0 aliphatic heterocycles. The van der Waals surface area contributed by atoms with E-state index in [-0.39, 0.29) is 0 Å². The highest BCUT2D eigenvalue weighted by Crippen LogP contribution is 2.43. The number of rotatable bonds is 5. The molecule has 1 aromatic heterocycles. The number of aromatic nitrogens is 1. The molecule has 1 aliphatic rings. The van der Waals surface area contributed by atoms with Gasteiger partial charge in [-0.2, -0.15) is 4.37 Å². The van der Waals surface area contributed by atoms with Crippen LogP contribution in [0.4, 0.5) is 10.8 Å². The summed E-state index contributed by atoms with van der Waals surface area (Å²) < 4.78 is 4.10. The lowest BCUT2D eigenvalue weighted by Crippen LogP contribution is -2.28. The average molecular weight is 253 g/mol. The van der Waals surface area contributed by atoms with Crippen molar-refractivity contribution in [2.24, 2.45) is 11.3 Å². The third kappa shape index (κ3) is 3.35. The van der Waals surface area contributed by atoms with Crippen LogP contribution in [0.1, 0.15) is 46.0 Å². The van der Waals surface area contributed by atoms with E-state index in [1.54, 1.807) is 0 Å². The SMILES string of the molecule is CC(C)CC1(CNc2cc(N)ns2)CCCC1. The molecule has 0 radical (unpaired) electrons. The molecule has 1 saturated carbocycles. The molecule has 2 rings (SSSR count). The average Bonchev–Trinajstić information content (AvgIpc) is 2.85. The lowest BCUT2D eigenvalue weighted by molar-refractivity contribution is 0.252. The summed E-state index contributed by atoms with van der Waals surface area (Å²) in [6.07, 6.45) is 6.84. The third-order valence-electron chi connectivity index (χ3n) is 3.67.